The van der Waals surface area contributed by atoms with E-state index in [9.17, 15) is 30.9 Å². The summed E-state index contributed by atoms with van der Waals surface area (Å²) in [5, 5.41) is 0. The van der Waals surface area contributed by atoms with Crippen molar-refractivity contribution in [3.8, 4) is 0 Å². The van der Waals surface area contributed by atoms with Crippen molar-refractivity contribution in [2.75, 3.05) is 13.1 Å². The normalized spacial score (nSPS) is 22.0. The zero-order chi connectivity index (χ0) is 15.8. The maximum atomic E-state index is 12.5. The Balaban J connectivity index is 2.86. The second-order valence-electron chi connectivity index (χ2n) is 5.05. The zero-order valence-electron chi connectivity index (χ0n) is 10.2. The average molecular weight is 329 g/mol. The lowest BCUT2D eigenvalue weighted by atomic mass is 9.73. The molecule has 0 saturated carbocycles. The highest BCUT2D eigenvalue weighted by atomic mass is 31.2. The summed E-state index contributed by atoms with van der Waals surface area (Å²) in [4.78, 5) is 17.7. The van der Waals surface area contributed by atoms with E-state index >= 15 is 0 Å². The highest BCUT2D eigenvalue weighted by molar-refractivity contribution is 7.49. The summed E-state index contributed by atoms with van der Waals surface area (Å²) in [6.45, 7) is -0.979. The Kier molecular flexibility index (Phi) is 4.85. The summed E-state index contributed by atoms with van der Waals surface area (Å²) in [5.74, 6) is 0. The number of rotatable bonds is 3. The largest absolute Gasteiger partial charge is 0.402 e. The molecule has 1 aliphatic rings. The third-order valence-corrected chi connectivity index (χ3v) is 4.46. The topological polar surface area (TPSA) is 60.8 Å². The van der Waals surface area contributed by atoms with E-state index < -0.39 is 64.3 Å². The molecule has 2 N–H and O–H groups in total. The third kappa shape index (κ3) is 5.59. The van der Waals surface area contributed by atoms with Crippen LogP contribution in [0.4, 0.5) is 26.3 Å². The zero-order valence-corrected chi connectivity index (χ0v) is 11.1. The van der Waals surface area contributed by atoms with E-state index in [1.165, 1.54) is 0 Å². The van der Waals surface area contributed by atoms with Gasteiger partial charge in [0.25, 0.3) is 0 Å². The Bertz CT molecular complexity index is 364. The molecule has 0 unspecified atom stereocenters. The second kappa shape index (κ2) is 5.47. The SMILES string of the molecule is O=P(O)(O)N1CCC(CC(F)(F)F)(CC(F)(F)F)CC1. The first-order valence-electron chi connectivity index (χ1n) is 5.67. The fourth-order valence-corrected chi connectivity index (χ4v) is 3.22. The fraction of sp³-hybridized carbons (Fsp3) is 1.00. The lowest BCUT2D eigenvalue weighted by Crippen LogP contribution is -2.43. The Morgan fingerprint density at radius 3 is 1.55 bits per heavy atom. The first-order chi connectivity index (χ1) is 8.73. The molecular weight excluding hydrogens is 315 g/mol. The van der Waals surface area contributed by atoms with Crippen molar-refractivity contribution in [1.82, 2.24) is 4.67 Å². The molecule has 0 spiro atoms. The molecule has 0 bridgehead atoms. The highest BCUT2D eigenvalue weighted by Crippen LogP contribution is 2.52. The van der Waals surface area contributed by atoms with E-state index in [0.717, 1.165) is 0 Å². The average Bonchev–Trinajstić information content (AvgIpc) is 2.09. The Hall–Kier alpha value is -0.310. The van der Waals surface area contributed by atoms with Gasteiger partial charge in [0.1, 0.15) is 0 Å². The van der Waals surface area contributed by atoms with Crippen LogP contribution >= 0.6 is 7.75 Å². The molecule has 20 heavy (non-hydrogen) atoms. The van der Waals surface area contributed by atoms with Crippen LogP contribution in [0.2, 0.25) is 0 Å². The summed E-state index contributed by atoms with van der Waals surface area (Å²) >= 11 is 0. The van der Waals surface area contributed by atoms with Gasteiger partial charge in [-0.05, 0) is 18.3 Å². The van der Waals surface area contributed by atoms with Gasteiger partial charge in [-0.1, -0.05) is 0 Å². The summed E-state index contributed by atoms with van der Waals surface area (Å²) in [6.07, 6.45) is -13.8. The van der Waals surface area contributed by atoms with Gasteiger partial charge < -0.3 is 9.79 Å². The van der Waals surface area contributed by atoms with Crippen molar-refractivity contribution in [2.24, 2.45) is 5.41 Å². The Morgan fingerprint density at radius 1 is 0.950 bits per heavy atom. The van der Waals surface area contributed by atoms with E-state index in [0.29, 0.717) is 4.67 Å². The maximum Gasteiger partial charge on any atom is 0.402 e. The number of piperidine rings is 1. The standard InChI is InChI=1S/C9H14F6NO3P/c10-8(11,12)5-7(6-9(13,14)15)1-3-16(4-2-7)20(17,18)19/h1-6H2,(H2,17,18,19). The van der Waals surface area contributed by atoms with Crippen LogP contribution in [0, 0.1) is 5.41 Å². The fourth-order valence-electron chi connectivity index (χ4n) is 2.50. The van der Waals surface area contributed by atoms with Gasteiger partial charge in [-0.3, -0.25) is 0 Å². The van der Waals surface area contributed by atoms with Crippen LogP contribution in [0.15, 0.2) is 0 Å². The van der Waals surface area contributed by atoms with E-state index in [2.05, 4.69) is 0 Å². The monoisotopic (exact) mass is 329 g/mol. The summed E-state index contributed by atoms with van der Waals surface area (Å²) < 4.78 is 86.3. The first kappa shape index (κ1) is 17.7. The summed E-state index contributed by atoms with van der Waals surface area (Å²) in [5.41, 5.74) is -2.04. The van der Waals surface area contributed by atoms with Gasteiger partial charge in [0.2, 0.25) is 0 Å². The number of halogens is 6. The Morgan fingerprint density at radius 2 is 1.30 bits per heavy atom. The molecule has 0 radical (unpaired) electrons. The quantitative estimate of drug-likeness (QED) is 0.617. The van der Waals surface area contributed by atoms with Crippen LogP contribution in [0.3, 0.4) is 0 Å². The van der Waals surface area contributed by atoms with Gasteiger partial charge in [0.15, 0.2) is 0 Å². The number of nitrogens with zero attached hydrogens (tertiary/aromatic N) is 1. The van der Waals surface area contributed by atoms with Gasteiger partial charge in [-0.25, -0.2) is 9.24 Å². The van der Waals surface area contributed by atoms with Crippen molar-refractivity contribution in [2.45, 2.75) is 38.0 Å². The molecule has 1 rings (SSSR count). The molecule has 11 heteroatoms. The first-order valence-corrected chi connectivity index (χ1v) is 7.24. The minimum absolute atomic E-state index is 0.490. The predicted octanol–water partition coefficient (Wildman–Crippen LogP) is 3.07. The van der Waals surface area contributed by atoms with Gasteiger partial charge in [-0.2, -0.15) is 26.3 Å². The van der Waals surface area contributed by atoms with Crippen LogP contribution in [-0.4, -0.2) is 39.9 Å². The second-order valence-corrected chi connectivity index (χ2v) is 6.64. The molecule has 1 heterocycles. The molecule has 1 fully saturated rings. The van der Waals surface area contributed by atoms with Crippen molar-refractivity contribution in [3.63, 3.8) is 0 Å². The third-order valence-electron chi connectivity index (χ3n) is 3.32. The predicted molar refractivity (Wildman–Crippen MR) is 56.6 cm³/mol. The molecule has 0 aromatic rings. The smallest absolute Gasteiger partial charge is 0.312 e. The number of hydrogen-bond donors (Lipinski definition) is 2. The number of hydrogen-bond acceptors (Lipinski definition) is 1. The minimum atomic E-state index is -4.75. The molecule has 0 atom stereocenters. The van der Waals surface area contributed by atoms with Crippen molar-refractivity contribution in [3.05, 3.63) is 0 Å². The molecule has 0 aromatic carbocycles. The van der Waals surface area contributed by atoms with Crippen LogP contribution in [0.5, 0.6) is 0 Å². The molecule has 0 amide bonds. The minimum Gasteiger partial charge on any atom is -0.312 e. The lowest BCUT2D eigenvalue weighted by Gasteiger charge is -2.42. The van der Waals surface area contributed by atoms with E-state index in [1.807, 2.05) is 0 Å². The van der Waals surface area contributed by atoms with E-state index in [1.54, 1.807) is 0 Å². The molecule has 0 aromatic heterocycles. The maximum absolute atomic E-state index is 12.5. The molecule has 1 saturated heterocycles. The van der Waals surface area contributed by atoms with Crippen LogP contribution in [-0.2, 0) is 4.57 Å². The summed E-state index contributed by atoms with van der Waals surface area (Å²) in [6, 6.07) is 0. The van der Waals surface area contributed by atoms with Gasteiger partial charge in [0, 0.05) is 25.9 Å². The molecule has 4 nitrogen and oxygen atoms in total. The van der Waals surface area contributed by atoms with Crippen molar-refractivity contribution in [1.29, 1.82) is 0 Å². The number of alkyl halides is 6. The van der Waals surface area contributed by atoms with Crippen LogP contribution in [0.25, 0.3) is 0 Å². The molecule has 120 valence electrons. The van der Waals surface area contributed by atoms with Gasteiger partial charge >= 0.3 is 20.1 Å². The lowest BCUT2D eigenvalue weighted by molar-refractivity contribution is -0.201. The van der Waals surface area contributed by atoms with Crippen LogP contribution < -0.4 is 0 Å². The molecule has 1 aliphatic heterocycles. The summed E-state index contributed by atoms with van der Waals surface area (Å²) in [7, 11) is -4.63. The van der Waals surface area contributed by atoms with Gasteiger partial charge in [0.05, 0.1) is 0 Å². The molecule has 0 aliphatic carbocycles. The van der Waals surface area contributed by atoms with Crippen LogP contribution in [0.1, 0.15) is 25.7 Å². The van der Waals surface area contributed by atoms with E-state index in [4.69, 9.17) is 9.79 Å². The van der Waals surface area contributed by atoms with Crippen molar-refractivity contribution < 1.29 is 40.7 Å². The van der Waals surface area contributed by atoms with Gasteiger partial charge in [-0.15, -0.1) is 0 Å². The Labute approximate surface area is 111 Å². The highest BCUT2D eigenvalue weighted by Gasteiger charge is 2.51. The molecular formula is C9H14F6NO3P. The van der Waals surface area contributed by atoms with Crippen molar-refractivity contribution >= 4 is 7.75 Å². The van der Waals surface area contributed by atoms with E-state index in [-0.39, 0.29) is 0 Å².